The van der Waals surface area contributed by atoms with Gasteiger partial charge in [-0.1, -0.05) is 11.6 Å². The van der Waals surface area contributed by atoms with E-state index in [9.17, 15) is 4.79 Å². The quantitative estimate of drug-likeness (QED) is 0.848. The zero-order valence-electron chi connectivity index (χ0n) is 9.99. The Kier molecular flexibility index (Phi) is 4.89. The fourth-order valence-electron chi connectivity index (χ4n) is 1.97. The largest absolute Gasteiger partial charge is 0.483 e. The highest BCUT2D eigenvalue weighted by Gasteiger charge is 2.17. The first-order chi connectivity index (χ1) is 8.66. The summed E-state index contributed by atoms with van der Waals surface area (Å²) in [6.45, 7) is 1.79. The molecule has 18 heavy (non-hydrogen) atoms. The standard InChI is InChI=1S/C13H15BrClNO2/c14-11-8-10(15)4-5-12(11)18-9-13(17)16-6-2-1-3-7-16/h4-5,8H,1-3,6-7,9H2. The molecule has 0 unspecified atom stereocenters. The van der Waals surface area contributed by atoms with Crippen molar-refractivity contribution in [1.82, 2.24) is 4.90 Å². The van der Waals surface area contributed by atoms with Crippen LogP contribution in [0.3, 0.4) is 0 Å². The smallest absolute Gasteiger partial charge is 0.260 e. The third kappa shape index (κ3) is 3.62. The Labute approximate surface area is 120 Å². The van der Waals surface area contributed by atoms with E-state index >= 15 is 0 Å². The highest BCUT2D eigenvalue weighted by Crippen LogP contribution is 2.28. The molecule has 1 heterocycles. The first-order valence-corrected chi connectivity index (χ1v) is 7.19. The number of carbonyl (C=O) groups excluding carboxylic acids is 1. The van der Waals surface area contributed by atoms with Gasteiger partial charge in [-0.05, 0) is 53.4 Å². The van der Waals surface area contributed by atoms with Gasteiger partial charge >= 0.3 is 0 Å². The number of amides is 1. The topological polar surface area (TPSA) is 29.5 Å². The number of likely N-dealkylation sites (tertiary alicyclic amines) is 1. The molecule has 98 valence electrons. The lowest BCUT2D eigenvalue weighted by molar-refractivity contribution is -0.134. The van der Waals surface area contributed by atoms with Gasteiger partial charge in [-0.3, -0.25) is 4.79 Å². The summed E-state index contributed by atoms with van der Waals surface area (Å²) in [5.41, 5.74) is 0. The fourth-order valence-corrected chi connectivity index (χ4v) is 2.76. The summed E-state index contributed by atoms with van der Waals surface area (Å²) in [6.07, 6.45) is 3.40. The maximum absolute atomic E-state index is 11.9. The molecule has 2 rings (SSSR count). The Balaban J connectivity index is 1.88. The molecule has 1 amide bonds. The van der Waals surface area contributed by atoms with Gasteiger partial charge in [0, 0.05) is 18.1 Å². The van der Waals surface area contributed by atoms with Crippen molar-refractivity contribution in [2.75, 3.05) is 19.7 Å². The van der Waals surface area contributed by atoms with Crippen molar-refractivity contribution >= 4 is 33.4 Å². The molecule has 1 aliphatic heterocycles. The van der Waals surface area contributed by atoms with E-state index in [0.29, 0.717) is 10.8 Å². The fraction of sp³-hybridized carbons (Fsp3) is 0.462. The Morgan fingerprint density at radius 3 is 2.72 bits per heavy atom. The predicted octanol–water partition coefficient (Wildman–Crippen LogP) is 3.49. The maximum Gasteiger partial charge on any atom is 0.260 e. The molecule has 0 aliphatic carbocycles. The number of ether oxygens (including phenoxy) is 1. The first kappa shape index (κ1) is 13.7. The van der Waals surface area contributed by atoms with Crippen LogP contribution in [-0.2, 0) is 4.79 Å². The van der Waals surface area contributed by atoms with Crippen molar-refractivity contribution < 1.29 is 9.53 Å². The van der Waals surface area contributed by atoms with E-state index in [2.05, 4.69) is 15.9 Å². The van der Waals surface area contributed by atoms with Gasteiger partial charge in [0.2, 0.25) is 0 Å². The van der Waals surface area contributed by atoms with E-state index in [-0.39, 0.29) is 12.5 Å². The molecule has 0 radical (unpaired) electrons. The second-order valence-corrected chi connectivity index (χ2v) is 5.60. The molecule has 0 aromatic heterocycles. The van der Waals surface area contributed by atoms with Crippen LogP contribution >= 0.6 is 27.5 Å². The van der Waals surface area contributed by atoms with Crippen molar-refractivity contribution in [3.05, 3.63) is 27.7 Å². The summed E-state index contributed by atoms with van der Waals surface area (Å²) in [4.78, 5) is 13.8. The van der Waals surface area contributed by atoms with Crippen molar-refractivity contribution in [3.63, 3.8) is 0 Å². The van der Waals surface area contributed by atoms with Crippen LogP contribution in [0.5, 0.6) is 5.75 Å². The number of rotatable bonds is 3. The summed E-state index contributed by atoms with van der Waals surface area (Å²) in [5.74, 6) is 0.696. The number of nitrogens with zero attached hydrogens (tertiary/aromatic N) is 1. The van der Waals surface area contributed by atoms with Gasteiger partial charge in [0.15, 0.2) is 6.61 Å². The number of halogens is 2. The van der Waals surface area contributed by atoms with Gasteiger partial charge in [0.05, 0.1) is 4.47 Å². The van der Waals surface area contributed by atoms with Crippen LogP contribution in [0.1, 0.15) is 19.3 Å². The third-order valence-corrected chi connectivity index (χ3v) is 3.81. The van der Waals surface area contributed by atoms with Crippen LogP contribution in [0.4, 0.5) is 0 Å². The number of hydrogen-bond donors (Lipinski definition) is 0. The van der Waals surface area contributed by atoms with Crippen molar-refractivity contribution in [3.8, 4) is 5.75 Å². The molecule has 0 atom stereocenters. The summed E-state index contributed by atoms with van der Waals surface area (Å²) in [7, 11) is 0. The second-order valence-electron chi connectivity index (χ2n) is 4.30. The molecule has 1 aromatic rings. The SMILES string of the molecule is O=C(COc1ccc(Cl)cc1Br)N1CCCCC1. The average Bonchev–Trinajstić information content (AvgIpc) is 2.38. The molecular weight excluding hydrogens is 318 g/mol. The van der Waals surface area contributed by atoms with Gasteiger partial charge in [0.1, 0.15) is 5.75 Å². The highest BCUT2D eigenvalue weighted by atomic mass is 79.9. The molecule has 1 aromatic carbocycles. The van der Waals surface area contributed by atoms with Crippen molar-refractivity contribution in [2.24, 2.45) is 0 Å². The lowest BCUT2D eigenvalue weighted by Gasteiger charge is -2.26. The summed E-state index contributed by atoms with van der Waals surface area (Å²) in [6, 6.07) is 5.26. The monoisotopic (exact) mass is 331 g/mol. The zero-order chi connectivity index (χ0) is 13.0. The molecule has 1 saturated heterocycles. The second kappa shape index (κ2) is 6.43. The van der Waals surface area contributed by atoms with Crippen molar-refractivity contribution in [1.29, 1.82) is 0 Å². The van der Waals surface area contributed by atoms with Gasteiger partial charge in [-0.2, -0.15) is 0 Å². The highest BCUT2D eigenvalue weighted by molar-refractivity contribution is 9.10. The summed E-state index contributed by atoms with van der Waals surface area (Å²) >= 11 is 9.20. The predicted molar refractivity (Wildman–Crippen MR) is 75.1 cm³/mol. The molecule has 0 N–H and O–H groups in total. The van der Waals surface area contributed by atoms with Gasteiger partial charge in [0.25, 0.3) is 5.91 Å². The van der Waals surface area contributed by atoms with E-state index in [0.717, 1.165) is 30.4 Å². The maximum atomic E-state index is 11.9. The van der Waals surface area contributed by atoms with E-state index in [1.54, 1.807) is 18.2 Å². The van der Waals surface area contributed by atoms with E-state index in [1.807, 2.05) is 4.90 Å². The summed E-state index contributed by atoms with van der Waals surface area (Å²) < 4.78 is 6.28. The van der Waals surface area contributed by atoms with E-state index in [4.69, 9.17) is 16.3 Å². The molecule has 0 spiro atoms. The number of hydrogen-bond acceptors (Lipinski definition) is 2. The van der Waals surface area contributed by atoms with E-state index < -0.39 is 0 Å². The normalized spacial score (nSPS) is 15.6. The van der Waals surface area contributed by atoms with Crippen LogP contribution in [0, 0.1) is 0 Å². The van der Waals surface area contributed by atoms with E-state index in [1.165, 1.54) is 6.42 Å². The zero-order valence-corrected chi connectivity index (χ0v) is 12.3. The molecule has 1 aliphatic rings. The molecule has 0 bridgehead atoms. The van der Waals surface area contributed by atoms with Gasteiger partial charge in [-0.25, -0.2) is 0 Å². The van der Waals surface area contributed by atoms with Gasteiger partial charge < -0.3 is 9.64 Å². The lowest BCUT2D eigenvalue weighted by Crippen LogP contribution is -2.38. The lowest BCUT2D eigenvalue weighted by atomic mass is 10.1. The van der Waals surface area contributed by atoms with Crippen LogP contribution in [0.25, 0.3) is 0 Å². The van der Waals surface area contributed by atoms with Gasteiger partial charge in [-0.15, -0.1) is 0 Å². The third-order valence-electron chi connectivity index (χ3n) is 2.95. The molecule has 0 saturated carbocycles. The number of carbonyl (C=O) groups is 1. The minimum Gasteiger partial charge on any atom is -0.483 e. The van der Waals surface area contributed by atoms with Crippen LogP contribution < -0.4 is 4.74 Å². The average molecular weight is 333 g/mol. The Bertz CT molecular complexity index is 433. The van der Waals surface area contributed by atoms with Crippen molar-refractivity contribution in [2.45, 2.75) is 19.3 Å². The summed E-state index contributed by atoms with van der Waals surface area (Å²) in [5, 5.41) is 0.636. The first-order valence-electron chi connectivity index (χ1n) is 6.02. The molecule has 3 nitrogen and oxygen atoms in total. The Hall–Kier alpha value is -0.740. The molecule has 1 fully saturated rings. The Morgan fingerprint density at radius 1 is 1.33 bits per heavy atom. The minimum absolute atomic E-state index is 0.0524. The van der Waals surface area contributed by atoms with Crippen LogP contribution in [0.2, 0.25) is 5.02 Å². The Morgan fingerprint density at radius 2 is 2.06 bits per heavy atom. The number of piperidine rings is 1. The number of benzene rings is 1. The minimum atomic E-state index is 0.0524. The van der Waals surface area contributed by atoms with Crippen LogP contribution in [0.15, 0.2) is 22.7 Å². The molecule has 5 heteroatoms. The molecular formula is C13H15BrClNO2. The van der Waals surface area contributed by atoms with Crippen LogP contribution in [-0.4, -0.2) is 30.5 Å².